The molecule has 0 aliphatic heterocycles. The molecule has 0 aliphatic rings. The summed E-state index contributed by atoms with van der Waals surface area (Å²) < 4.78 is 5.14. The molecular formula is C31H53N2+. The van der Waals surface area contributed by atoms with Gasteiger partial charge < -0.3 is 0 Å². The first-order valence-electron chi connectivity index (χ1n) is 14.5. The molecule has 0 bridgehead atoms. The Morgan fingerprint density at radius 2 is 1.18 bits per heavy atom. The van der Waals surface area contributed by atoms with Crippen LogP contribution in [-0.4, -0.2) is 4.57 Å². The van der Waals surface area contributed by atoms with Crippen molar-refractivity contribution in [2.45, 2.75) is 143 Å². The summed E-state index contributed by atoms with van der Waals surface area (Å²) in [5.74, 6) is 1.57. The van der Waals surface area contributed by atoms with Crippen LogP contribution in [0.4, 0.5) is 0 Å². The van der Waals surface area contributed by atoms with E-state index in [0.717, 1.165) is 6.54 Å². The van der Waals surface area contributed by atoms with Crippen molar-refractivity contribution in [2.24, 2.45) is 0 Å². The minimum atomic E-state index is 1.14. The number of aryl methyl sites for hydroxylation is 3. The van der Waals surface area contributed by atoms with E-state index in [9.17, 15) is 0 Å². The molecule has 186 valence electrons. The molecule has 0 atom stereocenters. The minimum Gasteiger partial charge on any atom is -0.234 e. The van der Waals surface area contributed by atoms with Crippen molar-refractivity contribution < 1.29 is 4.57 Å². The third-order valence-corrected chi connectivity index (χ3v) is 7.05. The highest BCUT2D eigenvalue weighted by Gasteiger charge is 2.16. The van der Waals surface area contributed by atoms with Gasteiger partial charge in [0.25, 0.3) is 5.82 Å². The average Bonchev–Trinajstić information content (AvgIpc) is 3.22. The molecule has 0 fully saturated rings. The van der Waals surface area contributed by atoms with Crippen molar-refractivity contribution in [3.05, 3.63) is 54.1 Å². The van der Waals surface area contributed by atoms with Gasteiger partial charge in [0.2, 0.25) is 0 Å². The van der Waals surface area contributed by atoms with E-state index in [0.29, 0.717) is 0 Å². The lowest BCUT2D eigenvalue weighted by Gasteiger charge is -2.07. The van der Waals surface area contributed by atoms with Gasteiger partial charge in [0.1, 0.15) is 12.4 Å². The third kappa shape index (κ3) is 12.5. The largest absolute Gasteiger partial charge is 0.256 e. The van der Waals surface area contributed by atoms with Gasteiger partial charge in [0, 0.05) is 6.42 Å². The van der Waals surface area contributed by atoms with Crippen LogP contribution in [0.1, 0.15) is 128 Å². The highest BCUT2D eigenvalue weighted by Crippen LogP contribution is 2.13. The summed E-state index contributed by atoms with van der Waals surface area (Å²) in [6, 6.07) is 11.0. The lowest BCUT2D eigenvalue weighted by molar-refractivity contribution is -0.704. The van der Waals surface area contributed by atoms with Gasteiger partial charge in [-0.2, -0.15) is 0 Å². The molecule has 2 aromatic rings. The number of hydrogen-bond donors (Lipinski definition) is 0. The van der Waals surface area contributed by atoms with Crippen LogP contribution in [0.25, 0.3) is 0 Å². The smallest absolute Gasteiger partial charge is 0.234 e. The SMILES string of the molecule is CCCCCCCCCCn1cc[n+](CCCc2ccccc2)c1CCCCCCCCC. The predicted octanol–water partition coefficient (Wildman–Crippen LogP) is 8.84. The Labute approximate surface area is 205 Å². The molecule has 0 amide bonds. The molecule has 2 rings (SSSR count). The molecule has 0 radical (unpaired) electrons. The van der Waals surface area contributed by atoms with Gasteiger partial charge in [-0.1, -0.05) is 121 Å². The predicted molar refractivity (Wildman–Crippen MR) is 144 cm³/mol. The first-order valence-corrected chi connectivity index (χ1v) is 14.5. The van der Waals surface area contributed by atoms with Gasteiger partial charge >= 0.3 is 0 Å². The standard InChI is InChI=1S/C31H53N2/c1-3-5-7-9-11-13-15-20-26-32-28-29-33(27-21-24-30-22-17-16-18-23-30)31(32)25-19-14-12-10-8-6-4-2/h16-18,22-23,28-29H,3-15,19-21,24-27H2,1-2H3/q+1. The fourth-order valence-corrected chi connectivity index (χ4v) is 4.95. The second-order valence-corrected chi connectivity index (χ2v) is 10.0. The molecule has 2 nitrogen and oxygen atoms in total. The van der Waals surface area contributed by atoms with Gasteiger partial charge in [0.15, 0.2) is 0 Å². The fourth-order valence-electron chi connectivity index (χ4n) is 4.95. The minimum absolute atomic E-state index is 1.14. The average molecular weight is 454 g/mol. The third-order valence-electron chi connectivity index (χ3n) is 7.05. The fraction of sp³-hybridized carbons (Fsp3) is 0.710. The van der Waals surface area contributed by atoms with Crippen LogP contribution < -0.4 is 4.57 Å². The summed E-state index contributed by atoms with van der Waals surface area (Å²) >= 11 is 0. The van der Waals surface area contributed by atoms with E-state index >= 15 is 0 Å². The van der Waals surface area contributed by atoms with Gasteiger partial charge in [0.05, 0.1) is 13.1 Å². The maximum Gasteiger partial charge on any atom is 0.256 e. The van der Waals surface area contributed by atoms with E-state index in [4.69, 9.17) is 0 Å². The van der Waals surface area contributed by atoms with Crippen LogP contribution in [-0.2, 0) is 25.9 Å². The summed E-state index contributed by atoms with van der Waals surface area (Å²) in [5, 5.41) is 0. The van der Waals surface area contributed by atoms with Crippen molar-refractivity contribution >= 4 is 0 Å². The summed E-state index contributed by atoms with van der Waals surface area (Å²) in [6.45, 7) is 6.95. The van der Waals surface area contributed by atoms with E-state index in [2.05, 4.69) is 65.7 Å². The van der Waals surface area contributed by atoms with E-state index < -0.39 is 0 Å². The highest BCUT2D eigenvalue weighted by atomic mass is 15.1. The number of aromatic nitrogens is 2. The lowest BCUT2D eigenvalue weighted by atomic mass is 10.1. The molecule has 1 aromatic heterocycles. The summed E-state index contributed by atoms with van der Waals surface area (Å²) in [7, 11) is 0. The Kier molecular flexibility index (Phi) is 15.8. The second kappa shape index (κ2) is 18.8. The Morgan fingerprint density at radius 1 is 0.606 bits per heavy atom. The molecular weight excluding hydrogens is 400 g/mol. The van der Waals surface area contributed by atoms with Crippen molar-refractivity contribution in [1.82, 2.24) is 4.57 Å². The molecule has 1 heterocycles. The molecule has 0 saturated heterocycles. The molecule has 0 spiro atoms. The second-order valence-electron chi connectivity index (χ2n) is 10.0. The molecule has 0 saturated carbocycles. The van der Waals surface area contributed by atoms with E-state index in [1.54, 1.807) is 5.82 Å². The number of nitrogens with zero attached hydrogens (tertiary/aromatic N) is 2. The van der Waals surface area contributed by atoms with Crippen molar-refractivity contribution in [2.75, 3.05) is 0 Å². The number of imidazole rings is 1. The Bertz CT molecular complexity index is 688. The summed E-state index contributed by atoms with van der Waals surface area (Å²) in [4.78, 5) is 0. The molecule has 0 N–H and O–H groups in total. The lowest BCUT2D eigenvalue weighted by Crippen LogP contribution is -2.37. The summed E-state index contributed by atoms with van der Waals surface area (Å²) in [6.07, 6.45) is 29.3. The monoisotopic (exact) mass is 453 g/mol. The van der Waals surface area contributed by atoms with Crippen LogP contribution in [0.3, 0.4) is 0 Å². The van der Waals surface area contributed by atoms with Gasteiger partial charge in [-0.25, -0.2) is 9.13 Å². The topological polar surface area (TPSA) is 8.81 Å². The molecule has 0 aliphatic carbocycles. The molecule has 1 aromatic carbocycles. The van der Waals surface area contributed by atoms with Crippen molar-refractivity contribution in [3.8, 4) is 0 Å². The van der Waals surface area contributed by atoms with Crippen molar-refractivity contribution in [1.29, 1.82) is 0 Å². The van der Waals surface area contributed by atoms with E-state index in [1.165, 1.54) is 128 Å². The number of benzene rings is 1. The number of unbranched alkanes of at least 4 members (excludes halogenated alkanes) is 13. The molecule has 0 unspecified atom stereocenters. The van der Waals surface area contributed by atoms with Crippen LogP contribution in [0, 0.1) is 0 Å². The van der Waals surface area contributed by atoms with Crippen LogP contribution >= 0.6 is 0 Å². The highest BCUT2D eigenvalue weighted by molar-refractivity contribution is 5.14. The zero-order valence-electron chi connectivity index (χ0n) is 22.1. The first-order chi connectivity index (χ1) is 16.3. The van der Waals surface area contributed by atoms with Crippen LogP contribution in [0.2, 0.25) is 0 Å². The van der Waals surface area contributed by atoms with Gasteiger partial charge in [-0.15, -0.1) is 0 Å². The summed E-state index contributed by atoms with van der Waals surface area (Å²) in [5.41, 5.74) is 1.46. The van der Waals surface area contributed by atoms with Gasteiger partial charge in [-0.3, -0.25) is 0 Å². The van der Waals surface area contributed by atoms with Gasteiger partial charge in [-0.05, 0) is 37.7 Å². The Balaban J connectivity index is 1.78. The number of rotatable bonds is 21. The Hall–Kier alpha value is -1.57. The molecule has 33 heavy (non-hydrogen) atoms. The molecule has 2 heteroatoms. The maximum atomic E-state index is 2.58. The van der Waals surface area contributed by atoms with E-state index in [1.807, 2.05) is 0 Å². The van der Waals surface area contributed by atoms with E-state index in [-0.39, 0.29) is 0 Å². The zero-order chi connectivity index (χ0) is 23.4. The first kappa shape index (κ1) is 27.7. The Morgan fingerprint density at radius 3 is 1.82 bits per heavy atom. The maximum absolute atomic E-state index is 2.58. The van der Waals surface area contributed by atoms with Crippen LogP contribution in [0.5, 0.6) is 0 Å². The van der Waals surface area contributed by atoms with Crippen LogP contribution in [0.15, 0.2) is 42.7 Å². The quantitative estimate of drug-likeness (QED) is 0.132. The zero-order valence-corrected chi connectivity index (χ0v) is 22.1. The normalized spacial score (nSPS) is 11.3. The number of hydrogen-bond acceptors (Lipinski definition) is 0. The van der Waals surface area contributed by atoms with Crippen molar-refractivity contribution in [3.63, 3.8) is 0 Å².